The molecule has 0 saturated heterocycles. The number of halogens is 2. The SMILES string of the molecule is Clc1cccc(-c2nc(Cl)nc(-c3cccc(-c4ccc5oc6ccccc6c5c4)c3)n2)c1. The molecule has 6 rings (SSSR count). The maximum atomic E-state index is 6.25. The molecule has 0 aliphatic carbocycles. The number of aromatic nitrogens is 3. The Balaban J connectivity index is 1.44. The fourth-order valence-electron chi connectivity index (χ4n) is 3.98. The molecular formula is C27H15Cl2N3O. The molecule has 0 saturated carbocycles. The van der Waals surface area contributed by atoms with Crippen LogP contribution in [0.2, 0.25) is 10.3 Å². The maximum absolute atomic E-state index is 6.25. The highest BCUT2D eigenvalue weighted by Crippen LogP contribution is 2.33. The quantitative estimate of drug-likeness (QED) is 0.264. The van der Waals surface area contributed by atoms with E-state index in [0.717, 1.165) is 44.2 Å². The third-order valence-corrected chi connectivity index (χ3v) is 5.93. The largest absolute Gasteiger partial charge is 0.456 e. The van der Waals surface area contributed by atoms with Gasteiger partial charge in [0.05, 0.1) is 0 Å². The number of rotatable bonds is 3. The van der Waals surface area contributed by atoms with Gasteiger partial charge in [-0.05, 0) is 59.1 Å². The normalized spacial score (nSPS) is 11.3. The second-order valence-electron chi connectivity index (χ2n) is 7.65. The van der Waals surface area contributed by atoms with Crippen LogP contribution in [0.15, 0.2) is 95.4 Å². The van der Waals surface area contributed by atoms with Gasteiger partial charge in [-0.25, -0.2) is 4.98 Å². The van der Waals surface area contributed by atoms with Crippen LogP contribution in [0.5, 0.6) is 0 Å². The minimum Gasteiger partial charge on any atom is -0.456 e. The Labute approximate surface area is 199 Å². The lowest BCUT2D eigenvalue weighted by molar-refractivity contribution is 0.669. The zero-order chi connectivity index (χ0) is 22.4. The Hall–Kier alpha value is -3.73. The van der Waals surface area contributed by atoms with E-state index in [4.69, 9.17) is 27.6 Å². The lowest BCUT2D eigenvalue weighted by Gasteiger charge is -2.08. The molecule has 6 aromatic rings. The minimum absolute atomic E-state index is 0.131. The van der Waals surface area contributed by atoms with E-state index in [9.17, 15) is 0 Å². The van der Waals surface area contributed by atoms with Gasteiger partial charge in [0.2, 0.25) is 5.28 Å². The first-order valence-electron chi connectivity index (χ1n) is 10.3. The Morgan fingerprint density at radius 1 is 0.515 bits per heavy atom. The van der Waals surface area contributed by atoms with Crippen molar-refractivity contribution in [2.45, 2.75) is 0 Å². The number of benzene rings is 4. The topological polar surface area (TPSA) is 51.8 Å². The highest BCUT2D eigenvalue weighted by molar-refractivity contribution is 6.30. The van der Waals surface area contributed by atoms with E-state index in [2.05, 4.69) is 45.3 Å². The summed E-state index contributed by atoms with van der Waals surface area (Å²) in [6.45, 7) is 0. The molecule has 0 radical (unpaired) electrons. The Morgan fingerprint density at radius 2 is 1.18 bits per heavy atom. The van der Waals surface area contributed by atoms with Gasteiger partial charge >= 0.3 is 0 Å². The molecule has 0 amide bonds. The lowest BCUT2D eigenvalue weighted by atomic mass is 10.0. The highest BCUT2D eigenvalue weighted by Gasteiger charge is 2.12. The number of furan rings is 1. The standard InChI is InChI=1S/C27H15Cl2N3O/c28-20-8-4-7-19(14-20)26-30-25(31-27(29)32-26)18-6-3-5-16(13-18)17-11-12-24-22(15-17)21-9-1-2-10-23(21)33-24/h1-15H. The van der Waals surface area contributed by atoms with Crippen molar-refractivity contribution in [3.8, 4) is 33.9 Å². The van der Waals surface area contributed by atoms with Crippen molar-refractivity contribution in [1.82, 2.24) is 15.0 Å². The number of hydrogen-bond acceptors (Lipinski definition) is 4. The van der Waals surface area contributed by atoms with E-state index in [0.29, 0.717) is 16.7 Å². The molecule has 0 bridgehead atoms. The van der Waals surface area contributed by atoms with Gasteiger partial charge < -0.3 is 4.42 Å². The van der Waals surface area contributed by atoms with Crippen molar-refractivity contribution in [2.24, 2.45) is 0 Å². The minimum atomic E-state index is 0.131. The average molecular weight is 468 g/mol. The van der Waals surface area contributed by atoms with Crippen molar-refractivity contribution < 1.29 is 4.42 Å². The molecule has 0 spiro atoms. The molecule has 158 valence electrons. The van der Waals surface area contributed by atoms with Gasteiger partial charge in [0.25, 0.3) is 0 Å². The van der Waals surface area contributed by atoms with Gasteiger partial charge in [0, 0.05) is 26.9 Å². The molecule has 33 heavy (non-hydrogen) atoms. The van der Waals surface area contributed by atoms with Crippen LogP contribution in [0.4, 0.5) is 0 Å². The van der Waals surface area contributed by atoms with Crippen LogP contribution in [-0.2, 0) is 0 Å². The molecule has 0 atom stereocenters. The molecule has 4 aromatic carbocycles. The summed E-state index contributed by atoms with van der Waals surface area (Å²) in [7, 11) is 0. The summed E-state index contributed by atoms with van der Waals surface area (Å²) < 4.78 is 5.96. The molecular weight excluding hydrogens is 453 g/mol. The number of fused-ring (bicyclic) bond motifs is 3. The summed E-state index contributed by atoms with van der Waals surface area (Å²) in [4.78, 5) is 13.3. The van der Waals surface area contributed by atoms with Crippen LogP contribution in [0.25, 0.3) is 55.8 Å². The second kappa shape index (κ2) is 8.00. The molecule has 0 aliphatic heterocycles. The van der Waals surface area contributed by atoms with Crippen molar-refractivity contribution in [1.29, 1.82) is 0 Å². The lowest BCUT2D eigenvalue weighted by Crippen LogP contribution is -1.97. The van der Waals surface area contributed by atoms with Crippen molar-refractivity contribution in [2.75, 3.05) is 0 Å². The molecule has 6 heteroatoms. The molecule has 2 heterocycles. The van der Waals surface area contributed by atoms with E-state index in [1.807, 2.05) is 48.5 Å². The van der Waals surface area contributed by atoms with Crippen LogP contribution in [0.3, 0.4) is 0 Å². The molecule has 4 nitrogen and oxygen atoms in total. The number of hydrogen-bond donors (Lipinski definition) is 0. The molecule has 0 N–H and O–H groups in total. The van der Waals surface area contributed by atoms with Crippen LogP contribution in [0.1, 0.15) is 0 Å². The van der Waals surface area contributed by atoms with Gasteiger partial charge in [0.15, 0.2) is 11.6 Å². The van der Waals surface area contributed by atoms with E-state index in [1.54, 1.807) is 12.1 Å². The second-order valence-corrected chi connectivity index (χ2v) is 8.43. The number of nitrogens with zero attached hydrogens (tertiary/aromatic N) is 3. The zero-order valence-electron chi connectivity index (χ0n) is 17.2. The summed E-state index contributed by atoms with van der Waals surface area (Å²) in [6, 6.07) is 29.7. The first-order chi connectivity index (χ1) is 16.1. The first-order valence-corrected chi connectivity index (χ1v) is 11.1. The predicted molar refractivity (Wildman–Crippen MR) is 133 cm³/mol. The zero-order valence-corrected chi connectivity index (χ0v) is 18.7. The smallest absolute Gasteiger partial charge is 0.226 e. The summed E-state index contributed by atoms with van der Waals surface area (Å²) in [5.41, 5.74) is 5.49. The van der Waals surface area contributed by atoms with Gasteiger partial charge in [-0.15, -0.1) is 0 Å². The van der Waals surface area contributed by atoms with Gasteiger partial charge in [-0.1, -0.05) is 66.2 Å². The Bertz CT molecular complexity index is 1660. The monoisotopic (exact) mass is 467 g/mol. The van der Waals surface area contributed by atoms with Crippen LogP contribution in [-0.4, -0.2) is 15.0 Å². The van der Waals surface area contributed by atoms with E-state index in [1.165, 1.54) is 0 Å². The average Bonchev–Trinajstić information content (AvgIpc) is 3.22. The van der Waals surface area contributed by atoms with Crippen LogP contribution < -0.4 is 0 Å². The third kappa shape index (κ3) is 3.74. The summed E-state index contributed by atoms with van der Waals surface area (Å²) in [5.74, 6) is 0.978. The number of para-hydroxylation sites is 1. The van der Waals surface area contributed by atoms with Gasteiger partial charge in [-0.3, -0.25) is 0 Å². The van der Waals surface area contributed by atoms with Crippen molar-refractivity contribution in [3.63, 3.8) is 0 Å². The summed E-state index contributed by atoms with van der Waals surface area (Å²) >= 11 is 12.4. The van der Waals surface area contributed by atoms with Gasteiger partial charge in [0.1, 0.15) is 11.2 Å². The van der Waals surface area contributed by atoms with Crippen LogP contribution in [0, 0.1) is 0 Å². The summed E-state index contributed by atoms with van der Waals surface area (Å²) in [6.07, 6.45) is 0. The highest BCUT2D eigenvalue weighted by atomic mass is 35.5. The maximum Gasteiger partial charge on any atom is 0.226 e. The van der Waals surface area contributed by atoms with Crippen molar-refractivity contribution in [3.05, 3.63) is 101 Å². The molecule has 0 unspecified atom stereocenters. The van der Waals surface area contributed by atoms with E-state index < -0.39 is 0 Å². The van der Waals surface area contributed by atoms with Crippen LogP contribution >= 0.6 is 23.2 Å². The van der Waals surface area contributed by atoms with E-state index >= 15 is 0 Å². The fraction of sp³-hybridized carbons (Fsp3) is 0. The summed E-state index contributed by atoms with van der Waals surface area (Å²) in [5, 5.41) is 2.92. The first kappa shape index (κ1) is 19.9. The fourth-order valence-corrected chi connectivity index (χ4v) is 4.33. The van der Waals surface area contributed by atoms with Gasteiger partial charge in [-0.2, -0.15) is 9.97 Å². The third-order valence-electron chi connectivity index (χ3n) is 5.52. The molecule has 0 aliphatic rings. The molecule has 2 aromatic heterocycles. The van der Waals surface area contributed by atoms with E-state index in [-0.39, 0.29) is 5.28 Å². The Morgan fingerprint density at radius 3 is 2.00 bits per heavy atom. The molecule has 0 fully saturated rings. The van der Waals surface area contributed by atoms with Crippen molar-refractivity contribution >= 4 is 45.1 Å². The predicted octanol–water partition coefficient (Wildman–Crippen LogP) is 8.08. The Kier molecular flexibility index (Phi) is 4.83.